The third-order valence-corrected chi connectivity index (χ3v) is 3.10. The summed E-state index contributed by atoms with van der Waals surface area (Å²) in [6.45, 7) is 0.673. The lowest BCUT2D eigenvalue weighted by atomic mass is 9.80. The standard InChI is InChI=1S/C10H14O4/c1-13-9(12)10(5-7-6-14-7)4-2-3-8(10)11/h7H,2-6H2,1H3. The maximum absolute atomic E-state index is 11.7. The van der Waals surface area contributed by atoms with Crippen LogP contribution in [0.1, 0.15) is 25.7 Å². The van der Waals surface area contributed by atoms with E-state index in [2.05, 4.69) is 0 Å². The summed E-state index contributed by atoms with van der Waals surface area (Å²) in [6, 6.07) is 0. The number of ether oxygens (including phenoxy) is 2. The summed E-state index contributed by atoms with van der Waals surface area (Å²) in [4.78, 5) is 23.3. The predicted molar refractivity (Wildman–Crippen MR) is 47.7 cm³/mol. The van der Waals surface area contributed by atoms with E-state index in [0.717, 1.165) is 6.42 Å². The summed E-state index contributed by atoms with van der Waals surface area (Å²) >= 11 is 0. The Balaban J connectivity index is 2.17. The van der Waals surface area contributed by atoms with Crippen LogP contribution < -0.4 is 0 Å². The molecule has 1 heterocycles. The molecule has 4 nitrogen and oxygen atoms in total. The Morgan fingerprint density at radius 3 is 2.86 bits per heavy atom. The maximum atomic E-state index is 11.7. The zero-order chi connectivity index (χ0) is 10.2. The predicted octanol–water partition coefficient (Wildman–Crippen LogP) is 0.688. The topological polar surface area (TPSA) is 55.9 Å². The molecule has 0 amide bonds. The van der Waals surface area contributed by atoms with Crippen molar-refractivity contribution in [2.75, 3.05) is 13.7 Å². The third kappa shape index (κ3) is 1.43. The van der Waals surface area contributed by atoms with E-state index < -0.39 is 5.41 Å². The molecule has 4 heteroatoms. The number of Topliss-reactive ketones (excluding diaryl/α,β-unsaturated/α-hetero) is 1. The number of esters is 1. The highest BCUT2D eigenvalue weighted by molar-refractivity contribution is 6.05. The summed E-state index contributed by atoms with van der Waals surface area (Å²) in [5.41, 5.74) is -0.879. The van der Waals surface area contributed by atoms with Crippen LogP contribution in [0, 0.1) is 5.41 Å². The SMILES string of the molecule is COC(=O)C1(CC2CO2)CCCC1=O. The lowest BCUT2D eigenvalue weighted by Crippen LogP contribution is -2.37. The van der Waals surface area contributed by atoms with Crippen LogP contribution in [0.15, 0.2) is 0 Å². The minimum atomic E-state index is -0.879. The van der Waals surface area contributed by atoms with Gasteiger partial charge in [0, 0.05) is 6.42 Å². The van der Waals surface area contributed by atoms with Crippen LogP contribution in [0.2, 0.25) is 0 Å². The Morgan fingerprint density at radius 2 is 2.43 bits per heavy atom. The van der Waals surface area contributed by atoms with Crippen LogP contribution >= 0.6 is 0 Å². The summed E-state index contributed by atoms with van der Waals surface area (Å²) in [5, 5.41) is 0. The zero-order valence-corrected chi connectivity index (χ0v) is 8.25. The number of ketones is 1. The van der Waals surface area contributed by atoms with Crippen molar-refractivity contribution in [2.24, 2.45) is 5.41 Å². The van der Waals surface area contributed by atoms with Gasteiger partial charge in [-0.1, -0.05) is 0 Å². The minimum absolute atomic E-state index is 0.0276. The van der Waals surface area contributed by atoms with E-state index in [0.29, 0.717) is 25.9 Å². The van der Waals surface area contributed by atoms with Crippen LogP contribution in [-0.4, -0.2) is 31.6 Å². The molecule has 78 valence electrons. The van der Waals surface area contributed by atoms with Crippen LogP contribution in [0.25, 0.3) is 0 Å². The maximum Gasteiger partial charge on any atom is 0.319 e. The summed E-state index contributed by atoms with van der Waals surface area (Å²) in [5.74, 6) is -0.352. The molecule has 1 saturated heterocycles. The summed E-state index contributed by atoms with van der Waals surface area (Å²) < 4.78 is 9.80. The van der Waals surface area contributed by atoms with Gasteiger partial charge in [-0.3, -0.25) is 9.59 Å². The fourth-order valence-corrected chi connectivity index (χ4v) is 2.21. The molecule has 2 rings (SSSR count). The highest BCUT2D eigenvalue weighted by Crippen LogP contribution is 2.42. The quantitative estimate of drug-likeness (QED) is 0.380. The van der Waals surface area contributed by atoms with Gasteiger partial charge in [-0.25, -0.2) is 0 Å². The van der Waals surface area contributed by atoms with Gasteiger partial charge < -0.3 is 9.47 Å². The van der Waals surface area contributed by atoms with Gasteiger partial charge in [-0.15, -0.1) is 0 Å². The molecule has 0 radical (unpaired) electrons. The molecule has 0 N–H and O–H groups in total. The van der Waals surface area contributed by atoms with Crippen molar-refractivity contribution in [2.45, 2.75) is 31.8 Å². The molecule has 0 spiro atoms. The Kier molecular flexibility index (Phi) is 2.31. The Labute approximate surface area is 82.6 Å². The van der Waals surface area contributed by atoms with E-state index in [9.17, 15) is 9.59 Å². The number of carbonyl (C=O) groups excluding carboxylic acids is 2. The van der Waals surface area contributed by atoms with E-state index in [1.807, 2.05) is 0 Å². The van der Waals surface area contributed by atoms with Gasteiger partial charge in [0.2, 0.25) is 0 Å². The number of rotatable bonds is 3. The van der Waals surface area contributed by atoms with Crippen LogP contribution in [0.5, 0.6) is 0 Å². The van der Waals surface area contributed by atoms with Crippen LogP contribution in [-0.2, 0) is 19.1 Å². The van der Waals surface area contributed by atoms with Crippen molar-refractivity contribution >= 4 is 11.8 Å². The molecule has 1 aliphatic carbocycles. The Morgan fingerprint density at radius 1 is 1.71 bits per heavy atom. The molecule has 1 aliphatic heterocycles. The number of epoxide rings is 1. The lowest BCUT2D eigenvalue weighted by Gasteiger charge is -2.22. The molecule has 0 aromatic carbocycles. The van der Waals surface area contributed by atoms with E-state index in [1.54, 1.807) is 0 Å². The van der Waals surface area contributed by atoms with Crippen molar-refractivity contribution in [3.05, 3.63) is 0 Å². The molecule has 2 aliphatic rings. The second kappa shape index (κ2) is 3.35. The number of hydrogen-bond donors (Lipinski definition) is 0. The molecular formula is C10H14O4. The molecule has 2 atom stereocenters. The monoisotopic (exact) mass is 198 g/mol. The van der Waals surface area contributed by atoms with Crippen molar-refractivity contribution in [1.29, 1.82) is 0 Å². The second-order valence-corrected chi connectivity index (χ2v) is 4.01. The minimum Gasteiger partial charge on any atom is -0.468 e. The second-order valence-electron chi connectivity index (χ2n) is 4.01. The van der Waals surface area contributed by atoms with Crippen molar-refractivity contribution in [1.82, 2.24) is 0 Å². The average Bonchev–Trinajstić information content (AvgIpc) is 2.91. The molecular weight excluding hydrogens is 184 g/mol. The van der Waals surface area contributed by atoms with Gasteiger partial charge in [0.1, 0.15) is 11.2 Å². The molecule has 2 unspecified atom stereocenters. The van der Waals surface area contributed by atoms with Gasteiger partial charge in [-0.05, 0) is 19.3 Å². The number of hydrogen-bond acceptors (Lipinski definition) is 4. The van der Waals surface area contributed by atoms with Gasteiger partial charge in [-0.2, -0.15) is 0 Å². The highest BCUT2D eigenvalue weighted by atomic mass is 16.6. The third-order valence-electron chi connectivity index (χ3n) is 3.10. The van der Waals surface area contributed by atoms with Crippen LogP contribution in [0.3, 0.4) is 0 Å². The first-order chi connectivity index (χ1) is 6.69. The van der Waals surface area contributed by atoms with Gasteiger partial charge in [0.15, 0.2) is 0 Å². The summed E-state index contributed by atoms with van der Waals surface area (Å²) in [7, 11) is 1.34. The first-order valence-electron chi connectivity index (χ1n) is 4.92. The smallest absolute Gasteiger partial charge is 0.319 e. The molecule has 0 bridgehead atoms. The first-order valence-corrected chi connectivity index (χ1v) is 4.92. The molecule has 14 heavy (non-hydrogen) atoms. The van der Waals surface area contributed by atoms with E-state index in [-0.39, 0.29) is 17.9 Å². The normalized spacial score (nSPS) is 35.8. The number of carbonyl (C=O) groups is 2. The summed E-state index contributed by atoms with van der Waals surface area (Å²) in [6.07, 6.45) is 2.52. The highest BCUT2D eigenvalue weighted by Gasteiger charge is 2.52. The van der Waals surface area contributed by atoms with Crippen molar-refractivity contribution < 1.29 is 19.1 Å². The van der Waals surface area contributed by atoms with Crippen molar-refractivity contribution in [3.63, 3.8) is 0 Å². The molecule has 2 fully saturated rings. The van der Waals surface area contributed by atoms with Crippen LogP contribution in [0.4, 0.5) is 0 Å². The first kappa shape index (κ1) is 9.65. The number of methoxy groups -OCH3 is 1. The molecule has 0 aromatic heterocycles. The molecule has 1 saturated carbocycles. The van der Waals surface area contributed by atoms with E-state index in [1.165, 1.54) is 7.11 Å². The van der Waals surface area contributed by atoms with Gasteiger partial charge in [0.25, 0.3) is 0 Å². The Bertz CT molecular complexity index is 269. The molecule has 0 aromatic rings. The lowest BCUT2D eigenvalue weighted by molar-refractivity contribution is -0.157. The van der Waals surface area contributed by atoms with Crippen molar-refractivity contribution in [3.8, 4) is 0 Å². The fourth-order valence-electron chi connectivity index (χ4n) is 2.21. The van der Waals surface area contributed by atoms with Gasteiger partial charge in [0.05, 0.1) is 19.8 Å². The fraction of sp³-hybridized carbons (Fsp3) is 0.800. The largest absolute Gasteiger partial charge is 0.468 e. The average molecular weight is 198 g/mol. The Hall–Kier alpha value is -0.900. The van der Waals surface area contributed by atoms with Gasteiger partial charge >= 0.3 is 5.97 Å². The zero-order valence-electron chi connectivity index (χ0n) is 8.25. The van der Waals surface area contributed by atoms with E-state index >= 15 is 0 Å². The van der Waals surface area contributed by atoms with E-state index in [4.69, 9.17) is 9.47 Å².